The van der Waals surface area contributed by atoms with Crippen LogP contribution in [0.5, 0.6) is 0 Å². The molecule has 1 aromatic rings. The molecule has 0 spiro atoms. The molecule has 0 bridgehead atoms. The molecular weight excluding hydrogens is 224 g/mol. The fourth-order valence-electron chi connectivity index (χ4n) is 0.725. The summed E-state index contributed by atoms with van der Waals surface area (Å²) < 4.78 is 5.07. The Bertz CT molecular complexity index is 314. The molecule has 1 heterocycles. The number of esters is 1. The number of anilines is 1. The number of pyridine rings is 1. The highest BCUT2D eigenvalue weighted by molar-refractivity contribution is 9.10. The summed E-state index contributed by atoms with van der Waals surface area (Å²) >= 11 is 3.12. The summed E-state index contributed by atoms with van der Waals surface area (Å²) in [7, 11) is 1.30. The van der Waals surface area contributed by atoms with Gasteiger partial charge in [-0.05, 0) is 22.0 Å². The van der Waals surface area contributed by atoms with E-state index in [1.807, 2.05) is 0 Å². The Morgan fingerprint density at radius 2 is 2.42 bits per heavy atom. The standard InChI is InChI=1S/C7H7BrN2O2/c1-12-7(11)4-3-10-6(8)2-5(4)9/h2-3H,1H3,(H2,9,10). The minimum Gasteiger partial charge on any atom is -0.465 e. The van der Waals surface area contributed by atoms with Crippen molar-refractivity contribution < 1.29 is 9.53 Å². The molecule has 1 rings (SSSR count). The molecule has 64 valence electrons. The van der Waals surface area contributed by atoms with Crippen LogP contribution in [0.15, 0.2) is 16.9 Å². The number of nitrogen functional groups attached to an aromatic ring is 1. The van der Waals surface area contributed by atoms with Gasteiger partial charge in [0.05, 0.1) is 12.8 Å². The van der Waals surface area contributed by atoms with Gasteiger partial charge in [0.1, 0.15) is 10.2 Å². The van der Waals surface area contributed by atoms with Gasteiger partial charge in [0.25, 0.3) is 0 Å². The average molecular weight is 231 g/mol. The van der Waals surface area contributed by atoms with Crippen LogP contribution in [-0.2, 0) is 4.74 Å². The third-order valence-electron chi connectivity index (χ3n) is 1.31. The molecule has 0 amide bonds. The van der Waals surface area contributed by atoms with Crippen LogP contribution in [0.3, 0.4) is 0 Å². The van der Waals surface area contributed by atoms with E-state index < -0.39 is 5.97 Å². The Balaban J connectivity index is 3.09. The summed E-state index contributed by atoms with van der Waals surface area (Å²) in [5.41, 5.74) is 6.16. The normalized spacial score (nSPS) is 9.50. The van der Waals surface area contributed by atoms with Crippen LogP contribution in [0.1, 0.15) is 10.4 Å². The van der Waals surface area contributed by atoms with Crippen molar-refractivity contribution in [3.8, 4) is 0 Å². The summed E-state index contributed by atoms with van der Waals surface area (Å²) in [6.07, 6.45) is 1.37. The Hall–Kier alpha value is -1.10. The van der Waals surface area contributed by atoms with E-state index >= 15 is 0 Å². The molecule has 0 unspecified atom stereocenters. The molecule has 4 nitrogen and oxygen atoms in total. The number of nitrogens with two attached hydrogens (primary N) is 1. The molecule has 1 aromatic heterocycles. The van der Waals surface area contributed by atoms with E-state index in [1.54, 1.807) is 6.07 Å². The molecule has 0 saturated heterocycles. The molecule has 0 aliphatic rings. The van der Waals surface area contributed by atoms with E-state index in [1.165, 1.54) is 13.3 Å². The van der Waals surface area contributed by atoms with Gasteiger partial charge in [0, 0.05) is 6.20 Å². The molecule has 0 atom stereocenters. The maximum absolute atomic E-state index is 11.0. The van der Waals surface area contributed by atoms with Crippen LogP contribution in [0.25, 0.3) is 0 Å². The van der Waals surface area contributed by atoms with Crippen molar-refractivity contribution in [3.63, 3.8) is 0 Å². The van der Waals surface area contributed by atoms with Gasteiger partial charge >= 0.3 is 5.97 Å². The third-order valence-corrected chi connectivity index (χ3v) is 1.74. The zero-order chi connectivity index (χ0) is 9.14. The van der Waals surface area contributed by atoms with Crippen molar-refractivity contribution in [1.29, 1.82) is 0 Å². The lowest BCUT2D eigenvalue weighted by Crippen LogP contribution is -2.06. The van der Waals surface area contributed by atoms with Gasteiger partial charge in [-0.15, -0.1) is 0 Å². The highest BCUT2D eigenvalue weighted by Crippen LogP contribution is 2.15. The summed E-state index contributed by atoms with van der Waals surface area (Å²) in [5.74, 6) is -0.479. The fraction of sp³-hybridized carbons (Fsp3) is 0.143. The minimum atomic E-state index is -0.479. The first-order chi connectivity index (χ1) is 5.65. The monoisotopic (exact) mass is 230 g/mol. The number of methoxy groups -OCH3 is 1. The molecule has 0 saturated carbocycles. The number of rotatable bonds is 1. The van der Waals surface area contributed by atoms with Gasteiger partial charge < -0.3 is 10.5 Å². The van der Waals surface area contributed by atoms with Crippen LogP contribution in [0, 0.1) is 0 Å². The highest BCUT2D eigenvalue weighted by Gasteiger charge is 2.09. The third kappa shape index (κ3) is 1.73. The lowest BCUT2D eigenvalue weighted by molar-refractivity contribution is 0.0601. The molecule has 0 radical (unpaired) electrons. The first-order valence-electron chi connectivity index (χ1n) is 3.14. The SMILES string of the molecule is COC(=O)c1cnc(Br)cc1N. The maximum atomic E-state index is 11.0. The number of halogens is 1. The number of nitrogens with zero attached hydrogens (tertiary/aromatic N) is 1. The first-order valence-corrected chi connectivity index (χ1v) is 3.93. The van der Waals surface area contributed by atoms with E-state index in [0.717, 1.165) is 0 Å². The number of carbonyl (C=O) groups is 1. The largest absolute Gasteiger partial charge is 0.465 e. The van der Waals surface area contributed by atoms with Gasteiger partial charge in [0.2, 0.25) is 0 Å². The second kappa shape index (κ2) is 3.53. The van der Waals surface area contributed by atoms with Crippen LogP contribution >= 0.6 is 15.9 Å². The quantitative estimate of drug-likeness (QED) is 0.582. The zero-order valence-corrected chi connectivity index (χ0v) is 7.96. The maximum Gasteiger partial charge on any atom is 0.341 e. The number of carbonyl (C=O) groups excluding carboxylic acids is 1. The van der Waals surface area contributed by atoms with E-state index in [2.05, 4.69) is 25.7 Å². The van der Waals surface area contributed by atoms with Crippen molar-refractivity contribution in [2.75, 3.05) is 12.8 Å². The summed E-state index contributed by atoms with van der Waals surface area (Å²) in [6.45, 7) is 0. The molecule has 0 aliphatic heterocycles. The Morgan fingerprint density at radius 3 is 2.92 bits per heavy atom. The van der Waals surface area contributed by atoms with Crippen LogP contribution in [0.4, 0.5) is 5.69 Å². The first kappa shape index (κ1) is 8.99. The number of hydrogen-bond donors (Lipinski definition) is 1. The lowest BCUT2D eigenvalue weighted by Gasteiger charge is -2.01. The predicted molar refractivity (Wildman–Crippen MR) is 47.7 cm³/mol. The van der Waals surface area contributed by atoms with Gasteiger partial charge in [0.15, 0.2) is 0 Å². The lowest BCUT2D eigenvalue weighted by atomic mass is 10.2. The van der Waals surface area contributed by atoms with Gasteiger partial charge in [-0.3, -0.25) is 0 Å². The predicted octanol–water partition coefficient (Wildman–Crippen LogP) is 1.21. The Labute approximate surface area is 77.9 Å². The molecule has 5 heteroatoms. The smallest absolute Gasteiger partial charge is 0.341 e. The van der Waals surface area contributed by atoms with Crippen LogP contribution < -0.4 is 5.73 Å². The Morgan fingerprint density at radius 1 is 1.75 bits per heavy atom. The Kier molecular flexibility index (Phi) is 2.65. The highest BCUT2D eigenvalue weighted by atomic mass is 79.9. The summed E-state index contributed by atoms with van der Waals surface area (Å²) in [6, 6.07) is 1.55. The van der Waals surface area contributed by atoms with Crippen molar-refractivity contribution >= 4 is 27.6 Å². The second-order valence-electron chi connectivity index (χ2n) is 2.09. The van der Waals surface area contributed by atoms with Crippen LogP contribution in [-0.4, -0.2) is 18.1 Å². The average Bonchev–Trinajstić information content (AvgIpc) is 2.03. The van der Waals surface area contributed by atoms with Gasteiger partial charge in [-0.25, -0.2) is 9.78 Å². The summed E-state index contributed by atoms with van der Waals surface area (Å²) in [5, 5.41) is 0. The fourth-order valence-corrected chi connectivity index (χ4v) is 1.07. The number of aromatic nitrogens is 1. The van der Waals surface area contributed by atoms with Crippen molar-refractivity contribution in [2.24, 2.45) is 0 Å². The zero-order valence-electron chi connectivity index (χ0n) is 6.37. The topological polar surface area (TPSA) is 65.2 Å². The van der Waals surface area contributed by atoms with Gasteiger partial charge in [-0.2, -0.15) is 0 Å². The number of ether oxygens (including phenoxy) is 1. The van der Waals surface area contributed by atoms with Gasteiger partial charge in [-0.1, -0.05) is 0 Å². The van der Waals surface area contributed by atoms with Crippen molar-refractivity contribution in [3.05, 3.63) is 22.4 Å². The molecule has 0 fully saturated rings. The minimum absolute atomic E-state index is 0.278. The van der Waals surface area contributed by atoms with Crippen LogP contribution in [0.2, 0.25) is 0 Å². The van der Waals surface area contributed by atoms with Crippen molar-refractivity contribution in [2.45, 2.75) is 0 Å². The molecule has 12 heavy (non-hydrogen) atoms. The molecule has 2 N–H and O–H groups in total. The second-order valence-corrected chi connectivity index (χ2v) is 2.90. The molecule has 0 aliphatic carbocycles. The van der Waals surface area contributed by atoms with E-state index in [4.69, 9.17) is 5.73 Å². The van der Waals surface area contributed by atoms with E-state index in [0.29, 0.717) is 10.3 Å². The molecular formula is C7H7BrN2O2. The summed E-state index contributed by atoms with van der Waals surface area (Å²) in [4.78, 5) is 14.8. The van der Waals surface area contributed by atoms with E-state index in [-0.39, 0.29) is 5.56 Å². The van der Waals surface area contributed by atoms with Crippen molar-refractivity contribution in [1.82, 2.24) is 4.98 Å². The molecule has 0 aromatic carbocycles. The van der Waals surface area contributed by atoms with E-state index in [9.17, 15) is 4.79 Å². The number of hydrogen-bond acceptors (Lipinski definition) is 4.